The number of nitrogens with zero attached hydrogens (tertiary/aromatic N) is 4. The largest absolute Gasteiger partial charge is 0.444 e. The minimum atomic E-state index is -1.43. The molecule has 1 saturated carbocycles. The zero-order valence-corrected chi connectivity index (χ0v) is 23.3. The van der Waals surface area contributed by atoms with Gasteiger partial charge in [0.05, 0.1) is 30.3 Å². The van der Waals surface area contributed by atoms with Crippen molar-refractivity contribution in [2.75, 3.05) is 31.1 Å². The van der Waals surface area contributed by atoms with Crippen molar-refractivity contribution in [1.29, 1.82) is 5.26 Å². The lowest BCUT2D eigenvalue weighted by molar-refractivity contribution is 0.0265. The van der Waals surface area contributed by atoms with Crippen LogP contribution in [0.3, 0.4) is 0 Å². The molecule has 5 rings (SSSR count). The minimum Gasteiger partial charge on any atom is -0.444 e. The molecular formula is C29H31F3N6O4. The van der Waals surface area contributed by atoms with Gasteiger partial charge in [-0.15, -0.1) is 0 Å². The van der Waals surface area contributed by atoms with Gasteiger partial charge in [0.25, 0.3) is 0 Å². The van der Waals surface area contributed by atoms with Gasteiger partial charge in [0.1, 0.15) is 29.2 Å². The summed E-state index contributed by atoms with van der Waals surface area (Å²) < 4.78 is 56.9. The number of nitrogens with two attached hydrogens (primary N) is 2. The summed E-state index contributed by atoms with van der Waals surface area (Å²) in [6.07, 6.45) is 0.807. The van der Waals surface area contributed by atoms with Gasteiger partial charge in [0.15, 0.2) is 0 Å². The van der Waals surface area contributed by atoms with Crippen LogP contribution in [-0.4, -0.2) is 60.0 Å². The van der Waals surface area contributed by atoms with Crippen LogP contribution in [0.2, 0.25) is 0 Å². The molecule has 0 radical (unpaired) electrons. The van der Waals surface area contributed by atoms with Crippen molar-refractivity contribution < 1.29 is 32.2 Å². The first-order valence-electron chi connectivity index (χ1n) is 13.4. The van der Waals surface area contributed by atoms with E-state index in [-0.39, 0.29) is 48.6 Å². The van der Waals surface area contributed by atoms with Crippen molar-refractivity contribution in [3.05, 3.63) is 65.7 Å². The molecule has 0 bridgehead atoms. The number of hydrogen-bond donors (Lipinski definition) is 2. The quantitative estimate of drug-likeness (QED) is 0.385. The highest BCUT2D eigenvalue weighted by molar-refractivity contribution is 5.90. The van der Waals surface area contributed by atoms with E-state index in [0.29, 0.717) is 0 Å². The van der Waals surface area contributed by atoms with Gasteiger partial charge < -0.3 is 25.1 Å². The fraction of sp³-hybridized carbons (Fsp3) is 0.414. The first kappa shape index (κ1) is 29.1. The highest BCUT2D eigenvalue weighted by Gasteiger charge is 2.72. The zero-order valence-electron chi connectivity index (χ0n) is 23.3. The lowest BCUT2D eigenvalue weighted by Gasteiger charge is -2.27. The smallest absolute Gasteiger partial charge is 0.414 e. The van der Waals surface area contributed by atoms with E-state index in [2.05, 4.69) is 6.07 Å². The molecule has 42 heavy (non-hydrogen) atoms. The molecule has 0 aromatic heterocycles. The van der Waals surface area contributed by atoms with E-state index < -0.39 is 58.6 Å². The van der Waals surface area contributed by atoms with Crippen molar-refractivity contribution in [1.82, 2.24) is 9.91 Å². The van der Waals surface area contributed by atoms with E-state index >= 15 is 13.2 Å². The maximum Gasteiger partial charge on any atom is 0.414 e. The first-order valence-corrected chi connectivity index (χ1v) is 13.4. The van der Waals surface area contributed by atoms with Gasteiger partial charge in [-0.05, 0) is 56.7 Å². The molecular weight excluding hydrogens is 553 g/mol. The van der Waals surface area contributed by atoms with Gasteiger partial charge in [-0.2, -0.15) is 5.26 Å². The maximum atomic E-state index is 15.5. The molecule has 4 N–H and O–H groups in total. The highest BCUT2D eigenvalue weighted by Crippen LogP contribution is 2.64. The number of hydrazine groups is 1. The second kappa shape index (κ2) is 10.4. The SMILES string of the molecule is CC(C)(C)OC(=O)N1C[C@@H]2[C@H](C1)C2(C#N)c1c(F)cc(-c2ccc(N3C[C@H](CN(N)/C=C\N)OC3=O)cc2F)cc1F. The molecule has 1 unspecified atom stereocenters. The van der Waals surface area contributed by atoms with E-state index in [9.17, 15) is 14.9 Å². The van der Waals surface area contributed by atoms with Crippen LogP contribution in [0.25, 0.3) is 11.1 Å². The molecule has 2 saturated heterocycles. The third-order valence-electron chi connectivity index (χ3n) is 7.81. The van der Waals surface area contributed by atoms with Crippen molar-refractivity contribution in [2.24, 2.45) is 23.4 Å². The van der Waals surface area contributed by atoms with E-state index in [1.165, 1.54) is 39.3 Å². The van der Waals surface area contributed by atoms with Crippen molar-refractivity contribution in [3.63, 3.8) is 0 Å². The Hall–Kier alpha value is -4.44. The average Bonchev–Trinajstić information content (AvgIpc) is 3.18. The Bertz CT molecular complexity index is 1470. The van der Waals surface area contributed by atoms with Gasteiger partial charge in [0.2, 0.25) is 0 Å². The second-order valence-electron chi connectivity index (χ2n) is 11.7. The number of fused-ring (bicyclic) bond motifs is 1. The number of carbonyl (C=O) groups is 2. The number of piperidine rings is 1. The predicted molar refractivity (Wildman–Crippen MR) is 146 cm³/mol. The molecule has 3 fully saturated rings. The molecule has 1 aliphatic carbocycles. The lowest BCUT2D eigenvalue weighted by atomic mass is 9.88. The van der Waals surface area contributed by atoms with Crippen LogP contribution in [0.1, 0.15) is 26.3 Å². The van der Waals surface area contributed by atoms with Crippen LogP contribution >= 0.6 is 0 Å². The molecule has 10 nitrogen and oxygen atoms in total. The number of amides is 2. The summed E-state index contributed by atoms with van der Waals surface area (Å²) in [6, 6.07) is 7.92. The molecule has 2 aromatic rings. The monoisotopic (exact) mass is 584 g/mol. The maximum absolute atomic E-state index is 15.5. The summed E-state index contributed by atoms with van der Waals surface area (Å²) >= 11 is 0. The zero-order chi connectivity index (χ0) is 30.6. The van der Waals surface area contributed by atoms with Crippen LogP contribution in [0.15, 0.2) is 42.7 Å². The molecule has 4 atom stereocenters. The Morgan fingerprint density at radius 3 is 2.36 bits per heavy atom. The van der Waals surface area contributed by atoms with Gasteiger partial charge in [-0.3, -0.25) is 4.90 Å². The molecule has 0 spiro atoms. The normalized spacial score (nSPS) is 24.9. The van der Waals surface area contributed by atoms with Gasteiger partial charge in [0, 0.05) is 48.5 Å². The minimum absolute atomic E-state index is 0.0682. The molecule has 3 aliphatic rings. The molecule has 2 heterocycles. The Morgan fingerprint density at radius 1 is 1.17 bits per heavy atom. The summed E-state index contributed by atoms with van der Waals surface area (Å²) in [5.41, 5.74) is 2.82. The highest BCUT2D eigenvalue weighted by atomic mass is 19.1. The number of ether oxygens (including phenoxy) is 2. The molecule has 13 heteroatoms. The number of likely N-dealkylation sites (tertiary alicyclic amines) is 1. The summed E-state index contributed by atoms with van der Waals surface area (Å²) in [6.45, 7) is 5.74. The number of anilines is 1. The number of hydrogen-bond acceptors (Lipinski definition) is 8. The van der Waals surface area contributed by atoms with Crippen molar-refractivity contribution >= 4 is 17.9 Å². The van der Waals surface area contributed by atoms with Crippen LogP contribution < -0.4 is 16.5 Å². The number of cyclic esters (lactones) is 1. The van der Waals surface area contributed by atoms with Gasteiger partial charge >= 0.3 is 12.2 Å². The predicted octanol–water partition coefficient (Wildman–Crippen LogP) is 3.96. The van der Waals surface area contributed by atoms with E-state index in [1.54, 1.807) is 20.8 Å². The third-order valence-corrected chi connectivity index (χ3v) is 7.81. The second-order valence-corrected chi connectivity index (χ2v) is 11.7. The van der Waals surface area contributed by atoms with E-state index in [0.717, 1.165) is 18.2 Å². The van der Waals surface area contributed by atoms with Crippen molar-refractivity contribution in [3.8, 4) is 17.2 Å². The Kier molecular flexibility index (Phi) is 7.22. The lowest BCUT2D eigenvalue weighted by Crippen LogP contribution is -2.39. The fourth-order valence-electron chi connectivity index (χ4n) is 5.96. The van der Waals surface area contributed by atoms with Crippen LogP contribution in [0, 0.1) is 40.6 Å². The number of rotatable bonds is 6. The molecule has 2 aromatic carbocycles. The van der Waals surface area contributed by atoms with Crippen LogP contribution in [0.5, 0.6) is 0 Å². The Balaban J connectivity index is 1.33. The van der Waals surface area contributed by atoms with Crippen molar-refractivity contribution in [2.45, 2.75) is 37.9 Å². The Labute approximate surface area is 240 Å². The third kappa shape index (κ3) is 5.07. The number of carbonyl (C=O) groups excluding carboxylic acids is 2. The Morgan fingerprint density at radius 2 is 1.81 bits per heavy atom. The molecule has 2 amide bonds. The fourth-order valence-corrected chi connectivity index (χ4v) is 5.96. The topological polar surface area (TPSA) is 138 Å². The summed E-state index contributed by atoms with van der Waals surface area (Å²) in [5.74, 6) is 2.06. The van der Waals surface area contributed by atoms with Crippen LogP contribution in [0.4, 0.5) is 28.4 Å². The van der Waals surface area contributed by atoms with E-state index in [4.69, 9.17) is 21.1 Å². The summed E-state index contributed by atoms with van der Waals surface area (Å²) in [7, 11) is 0. The van der Waals surface area contributed by atoms with Crippen LogP contribution in [-0.2, 0) is 14.9 Å². The number of benzene rings is 2. The molecule has 2 aliphatic heterocycles. The standard InChI is InChI=1S/C29H31F3N6O4/c1-28(2,3)42-26(39)36-13-20-21(14-36)29(20,15-34)25-23(31)8-16(9-24(25)32)19-5-4-17(10-22(19)30)38-12-18(41-27(38)40)11-37(35)7-6-33/h4-10,18,20-21H,11-14,33,35H2,1-3H3/b7-6-/t18-,20-,21+,29?/m0/s1. The van der Waals surface area contributed by atoms with Gasteiger partial charge in [-0.25, -0.2) is 28.6 Å². The number of halogens is 3. The summed E-state index contributed by atoms with van der Waals surface area (Å²) in [5, 5.41) is 11.3. The van der Waals surface area contributed by atoms with E-state index in [1.807, 2.05) is 0 Å². The summed E-state index contributed by atoms with van der Waals surface area (Å²) in [4.78, 5) is 27.5. The average molecular weight is 585 g/mol. The number of nitriles is 1. The van der Waals surface area contributed by atoms with Gasteiger partial charge in [-0.1, -0.05) is 0 Å². The first-order chi connectivity index (χ1) is 19.8. The molecule has 222 valence electrons.